The number of hydrogen-bond acceptors (Lipinski definition) is 4. The van der Waals surface area contributed by atoms with E-state index < -0.39 is 0 Å². The van der Waals surface area contributed by atoms with Crippen LogP contribution in [-0.2, 0) is 17.8 Å². The van der Waals surface area contributed by atoms with Crippen LogP contribution in [0.15, 0.2) is 31.0 Å². The van der Waals surface area contributed by atoms with E-state index in [-0.39, 0.29) is 11.9 Å². The minimum atomic E-state index is 0.0784. The topological polar surface area (TPSA) is 63.9 Å². The number of carbonyl (C=O) groups is 1. The van der Waals surface area contributed by atoms with Crippen molar-refractivity contribution in [3.63, 3.8) is 0 Å². The average molecular weight is 299 g/mol. The molecule has 1 fully saturated rings. The fraction of sp³-hybridized carbons (Fsp3) is 0.500. The second-order valence-corrected chi connectivity index (χ2v) is 5.52. The van der Waals surface area contributed by atoms with Gasteiger partial charge in [-0.25, -0.2) is 4.98 Å². The standard InChI is InChI=1S/C16H21N5O/c1-2-15-19-8-11-20(15)10-5-16(22)21-9-3-4-14(21)13-12-17-6-7-18-13/h6-8,11-12,14H,2-5,9-10H2,1H3/t14-/m0/s1. The van der Waals surface area contributed by atoms with Crippen LogP contribution in [0.4, 0.5) is 0 Å². The molecule has 0 radical (unpaired) electrons. The van der Waals surface area contributed by atoms with Gasteiger partial charge in [-0.1, -0.05) is 6.92 Å². The van der Waals surface area contributed by atoms with Crippen LogP contribution >= 0.6 is 0 Å². The van der Waals surface area contributed by atoms with Gasteiger partial charge < -0.3 is 9.47 Å². The number of amides is 1. The van der Waals surface area contributed by atoms with Crippen molar-refractivity contribution in [2.24, 2.45) is 0 Å². The maximum absolute atomic E-state index is 12.6. The van der Waals surface area contributed by atoms with Gasteiger partial charge in [0.2, 0.25) is 5.91 Å². The highest BCUT2D eigenvalue weighted by Crippen LogP contribution is 2.30. The van der Waals surface area contributed by atoms with Gasteiger partial charge in [0.25, 0.3) is 0 Å². The summed E-state index contributed by atoms with van der Waals surface area (Å²) in [5.74, 6) is 1.21. The molecular weight excluding hydrogens is 278 g/mol. The van der Waals surface area contributed by atoms with Crippen molar-refractivity contribution in [1.82, 2.24) is 24.4 Å². The molecule has 1 aliphatic rings. The lowest BCUT2D eigenvalue weighted by Gasteiger charge is -2.24. The molecule has 2 aromatic rings. The maximum atomic E-state index is 12.6. The predicted octanol–water partition coefficient (Wildman–Crippen LogP) is 1.99. The Hall–Kier alpha value is -2.24. The quantitative estimate of drug-likeness (QED) is 0.847. The first kappa shape index (κ1) is 14.7. The Kier molecular flexibility index (Phi) is 4.46. The van der Waals surface area contributed by atoms with Gasteiger partial charge in [0, 0.05) is 50.7 Å². The molecule has 116 valence electrons. The highest BCUT2D eigenvalue weighted by atomic mass is 16.2. The van der Waals surface area contributed by atoms with Gasteiger partial charge >= 0.3 is 0 Å². The Bertz CT molecular complexity index is 624. The number of nitrogens with zero attached hydrogens (tertiary/aromatic N) is 5. The smallest absolute Gasteiger partial charge is 0.224 e. The third kappa shape index (κ3) is 3.00. The number of aromatic nitrogens is 4. The van der Waals surface area contributed by atoms with E-state index in [1.165, 1.54) is 0 Å². The number of imidazole rings is 1. The molecular formula is C16H21N5O. The van der Waals surface area contributed by atoms with Gasteiger partial charge in [-0.05, 0) is 12.8 Å². The lowest BCUT2D eigenvalue weighted by Crippen LogP contribution is -2.31. The first-order valence-corrected chi connectivity index (χ1v) is 7.85. The molecule has 0 bridgehead atoms. The van der Waals surface area contributed by atoms with E-state index in [0.29, 0.717) is 13.0 Å². The van der Waals surface area contributed by atoms with E-state index in [1.807, 2.05) is 11.1 Å². The van der Waals surface area contributed by atoms with Crippen LogP contribution in [0.25, 0.3) is 0 Å². The SMILES string of the molecule is CCc1nccn1CCC(=O)N1CCC[C@H]1c1cnccn1. The van der Waals surface area contributed by atoms with Crippen molar-refractivity contribution < 1.29 is 4.79 Å². The number of carbonyl (C=O) groups excluding carboxylic acids is 1. The number of likely N-dealkylation sites (tertiary alicyclic amines) is 1. The minimum Gasteiger partial charge on any atom is -0.334 e. The second kappa shape index (κ2) is 6.68. The molecule has 2 aromatic heterocycles. The normalized spacial score (nSPS) is 17.9. The largest absolute Gasteiger partial charge is 0.334 e. The molecule has 0 unspecified atom stereocenters. The van der Waals surface area contributed by atoms with Crippen molar-refractivity contribution in [3.8, 4) is 0 Å². The first-order chi connectivity index (χ1) is 10.8. The van der Waals surface area contributed by atoms with E-state index >= 15 is 0 Å². The summed E-state index contributed by atoms with van der Waals surface area (Å²) in [6, 6.07) is 0.0784. The number of hydrogen-bond donors (Lipinski definition) is 0. The summed E-state index contributed by atoms with van der Waals surface area (Å²) in [5.41, 5.74) is 0.894. The second-order valence-electron chi connectivity index (χ2n) is 5.52. The summed E-state index contributed by atoms with van der Waals surface area (Å²) in [6.07, 6.45) is 12.2. The zero-order chi connectivity index (χ0) is 15.4. The van der Waals surface area contributed by atoms with Gasteiger partial charge in [0.05, 0.1) is 17.9 Å². The third-order valence-electron chi connectivity index (χ3n) is 4.18. The molecule has 3 rings (SSSR count). The van der Waals surface area contributed by atoms with E-state index in [0.717, 1.165) is 37.3 Å². The summed E-state index contributed by atoms with van der Waals surface area (Å²) >= 11 is 0. The van der Waals surface area contributed by atoms with Crippen molar-refractivity contribution >= 4 is 5.91 Å². The number of aryl methyl sites for hydroxylation is 2. The molecule has 0 N–H and O–H groups in total. The molecule has 6 heteroatoms. The Balaban J connectivity index is 1.64. The summed E-state index contributed by atoms with van der Waals surface area (Å²) in [5, 5.41) is 0. The fourth-order valence-electron chi connectivity index (χ4n) is 3.07. The Labute approximate surface area is 130 Å². The molecule has 6 nitrogen and oxygen atoms in total. The van der Waals surface area contributed by atoms with E-state index in [1.54, 1.807) is 24.8 Å². The lowest BCUT2D eigenvalue weighted by atomic mass is 10.1. The van der Waals surface area contributed by atoms with Gasteiger partial charge in [-0.2, -0.15) is 0 Å². The zero-order valence-corrected chi connectivity index (χ0v) is 12.9. The summed E-state index contributed by atoms with van der Waals surface area (Å²) in [7, 11) is 0. The molecule has 0 spiro atoms. The van der Waals surface area contributed by atoms with Crippen LogP contribution in [0.3, 0.4) is 0 Å². The Morgan fingerprint density at radius 2 is 2.23 bits per heavy atom. The van der Waals surface area contributed by atoms with E-state index in [2.05, 4.69) is 26.4 Å². The minimum absolute atomic E-state index is 0.0784. The van der Waals surface area contributed by atoms with Crippen LogP contribution < -0.4 is 0 Å². The highest BCUT2D eigenvalue weighted by Gasteiger charge is 2.30. The van der Waals surface area contributed by atoms with Crippen molar-refractivity contribution in [3.05, 3.63) is 42.5 Å². The average Bonchev–Trinajstić information content (AvgIpc) is 3.22. The molecule has 1 amide bonds. The van der Waals surface area contributed by atoms with Crippen LogP contribution in [0.1, 0.15) is 43.7 Å². The summed E-state index contributed by atoms with van der Waals surface area (Å²) < 4.78 is 2.06. The van der Waals surface area contributed by atoms with E-state index in [9.17, 15) is 4.79 Å². The molecule has 1 saturated heterocycles. The van der Waals surface area contributed by atoms with Crippen molar-refractivity contribution in [2.75, 3.05) is 6.54 Å². The first-order valence-electron chi connectivity index (χ1n) is 7.85. The monoisotopic (exact) mass is 299 g/mol. The molecule has 1 atom stereocenters. The molecule has 22 heavy (non-hydrogen) atoms. The van der Waals surface area contributed by atoms with Crippen LogP contribution in [0.2, 0.25) is 0 Å². The fourth-order valence-corrected chi connectivity index (χ4v) is 3.07. The Morgan fingerprint density at radius 3 is 3.00 bits per heavy atom. The zero-order valence-electron chi connectivity index (χ0n) is 12.9. The lowest BCUT2D eigenvalue weighted by molar-refractivity contribution is -0.132. The van der Waals surface area contributed by atoms with Crippen LogP contribution in [0, 0.1) is 0 Å². The summed E-state index contributed by atoms with van der Waals surface area (Å²) in [4.78, 5) is 27.3. The van der Waals surface area contributed by atoms with Crippen molar-refractivity contribution in [2.45, 2.75) is 45.2 Å². The molecule has 3 heterocycles. The van der Waals surface area contributed by atoms with E-state index in [4.69, 9.17) is 0 Å². The number of rotatable bonds is 5. The van der Waals surface area contributed by atoms with Gasteiger partial charge in [-0.15, -0.1) is 0 Å². The predicted molar refractivity (Wildman–Crippen MR) is 81.9 cm³/mol. The molecule has 0 aliphatic carbocycles. The third-order valence-corrected chi connectivity index (χ3v) is 4.18. The molecule has 1 aliphatic heterocycles. The Morgan fingerprint density at radius 1 is 1.32 bits per heavy atom. The van der Waals surface area contributed by atoms with Gasteiger partial charge in [-0.3, -0.25) is 14.8 Å². The van der Waals surface area contributed by atoms with Gasteiger partial charge in [0.15, 0.2) is 0 Å². The molecule has 0 saturated carbocycles. The maximum Gasteiger partial charge on any atom is 0.224 e. The van der Waals surface area contributed by atoms with Gasteiger partial charge in [0.1, 0.15) is 5.82 Å². The van der Waals surface area contributed by atoms with Crippen molar-refractivity contribution in [1.29, 1.82) is 0 Å². The highest BCUT2D eigenvalue weighted by molar-refractivity contribution is 5.76. The van der Waals surface area contributed by atoms with Crippen LogP contribution in [-0.4, -0.2) is 36.9 Å². The summed E-state index contributed by atoms with van der Waals surface area (Å²) in [6.45, 7) is 3.57. The molecule has 0 aromatic carbocycles. The van der Waals surface area contributed by atoms with Crippen LogP contribution in [0.5, 0.6) is 0 Å².